The number of benzene rings is 2. The van der Waals surface area contributed by atoms with Gasteiger partial charge in [-0.1, -0.05) is 18.2 Å². The molecule has 8 nitrogen and oxygen atoms in total. The summed E-state index contributed by atoms with van der Waals surface area (Å²) in [5, 5.41) is 16.8. The van der Waals surface area contributed by atoms with Crippen LogP contribution in [0.2, 0.25) is 0 Å². The lowest BCUT2D eigenvalue weighted by molar-refractivity contribution is 0.0597. The van der Waals surface area contributed by atoms with Crippen molar-refractivity contribution in [1.82, 2.24) is 10.6 Å². The lowest BCUT2D eigenvalue weighted by atomic mass is 10.1. The van der Waals surface area contributed by atoms with E-state index in [1.165, 1.54) is 14.2 Å². The Labute approximate surface area is 212 Å². The number of halogens is 1. The van der Waals surface area contributed by atoms with Crippen molar-refractivity contribution in [2.75, 3.05) is 27.3 Å². The Morgan fingerprint density at radius 2 is 1.79 bits per heavy atom. The molecule has 0 saturated carbocycles. The molecule has 1 atom stereocenters. The van der Waals surface area contributed by atoms with Crippen LogP contribution in [0.4, 0.5) is 0 Å². The normalized spacial score (nSPS) is 11.9. The third kappa shape index (κ3) is 9.09. The Morgan fingerprint density at radius 3 is 2.36 bits per heavy atom. The van der Waals surface area contributed by atoms with E-state index in [2.05, 4.69) is 15.6 Å². The van der Waals surface area contributed by atoms with Crippen molar-refractivity contribution in [2.24, 2.45) is 4.99 Å². The maximum atomic E-state index is 11.8. The van der Waals surface area contributed by atoms with Crippen molar-refractivity contribution in [3.8, 4) is 11.5 Å². The molecular weight excluding hydrogens is 537 g/mol. The van der Waals surface area contributed by atoms with Gasteiger partial charge in [-0.05, 0) is 56.2 Å². The molecule has 182 valence electrons. The van der Waals surface area contributed by atoms with Gasteiger partial charge in [-0.25, -0.2) is 9.79 Å². The number of ether oxygens (including phenoxy) is 3. The molecule has 0 heterocycles. The van der Waals surface area contributed by atoms with Crippen LogP contribution in [0.1, 0.15) is 48.4 Å². The van der Waals surface area contributed by atoms with Crippen LogP contribution in [-0.4, -0.2) is 50.4 Å². The van der Waals surface area contributed by atoms with E-state index in [4.69, 9.17) is 14.2 Å². The van der Waals surface area contributed by atoms with Crippen LogP contribution in [-0.2, 0) is 11.3 Å². The molecule has 0 fully saturated rings. The molecule has 0 aliphatic rings. The highest BCUT2D eigenvalue weighted by atomic mass is 127. The monoisotopic (exact) mass is 571 g/mol. The summed E-state index contributed by atoms with van der Waals surface area (Å²) in [4.78, 5) is 16.4. The molecule has 2 aromatic carbocycles. The molecule has 33 heavy (non-hydrogen) atoms. The molecular formula is C24H34IN3O5. The van der Waals surface area contributed by atoms with Crippen LogP contribution in [0.25, 0.3) is 0 Å². The largest absolute Gasteiger partial charge is 0.496 e. The first-order valence-electron chi connectivity index (χ1n) is 10.6. The van der Waals surface area contributed by atoms with Crippen molar-refractivity contribution < 1.29 is 24.1 Å². The first kappa shape index (κ1) is 28.5. The van der Waals surface area contributed by atoms with E-state index < -0.39 is 12.1 Å². The minimum Gasteiger partial charge on any atom is -0.496 e. The van der Waals surface area contributed by atoms with Crippen LogP contribution in [0.15, 0.2) is 47.5 Å². The molecule has 0 radical (unpaired) electrons. The summed E-state index contributed by atoms with van der Waals surface area (Å²) < 4.78 is 15.7. The average Bonchev–Trinajstić information content (AvgIpc) is 2.80. The van der Waals surface area contributed by atoms with E-state index in [0.717, 1.165) is 16.9 Å². The van der Waals surface area contributed by atoms with E-state index in [1.807, 2.05) is 45.0 Å². The van der Waals surface area contributed by atoms with Gasteiger partial charge in [0.1, 0.15) is 17.1 Å². The third-order valence-electron chi connectivity index (χ3n) is 4.53. The van der Waals surface area contributed by atoms with Crippen LogP contribution in [0, 0.1) is 0 Å². The number of aliphatic hydroxyl groups excluding tert-OH is 1. The quantitative estimate of drug-likeness (QED) is 0.173. The lowest BCUT2D eigenvalue weighted by Crippen LogP contribution is -2.39. The highest BCUT2D eigenvalue weighted by Crippen LogP contribution is 2.22. The predicted molar refractivity (Wildman–Crippen MR) is 140 cm³/mol. The molecule has 0 spiro atoms. The van der Waals surface area contributed by atoms with E-state index >= 15 is 0 Å². The summed E-state index contributed by atoms with van der Waals surface area (Å²) in [6, 6.07) is 12.6. The molecule has 0 aliphatic carbocycles. The number of carbonyl (C=O) groups is 1. The number of hydrogen-bond acceptors (Lipinski definition) is 6. The number of methoxy groups -OCH3 is 2. The standard InChI is InChI=1S/C24H33N3O5.HI/c1-6-25-24(26-14-17-7-12-20(23(29)31-5)22(13-17)30-4)27-15-21(28)18-8-10-19(11-9-18)32-16(2)3;/h7-13,16,21,28H,6,14-15H2,1-5H3,(H2,25,26,27);1H. The van der Waals surface area contributed by atoms with E-state index in [9.17, 15) is 9.90 Å². The number of guanidine groups is 1. The maximum Gasteiger partial charge on any atom is 0.341 e. The Balaban J connectivity index is 0.00000544. The Bertz CT molecular complexity index is 903. The second-order valence-corrected chi connectivity index (χ2v) is 7.35. The fraction of sp³-hybridized carbons (Fsp3) is 0.417. The topological polar surface area (TPSA) is 101 Å². The fourth-order valence-corrected chi connectivity index (χ4v) is 2.98. The minimum absolute atomic E-state index is 0. The zero-order valence-corrected chi connectivity index (χ0v) is 22.1. The highest BCUT2D eigenvalue weighted by Gasteiger charge is 2.13. The molecule has 0 aliphatic heterocycles. The van der Waals surface area contributed by atoms with Crippen molar-refractivity contribution in [2.45, 2.75) is 39.5 Å². The SMILES string of the molecule is CCNC(=NCc1ccc(C(=O)OC)c(OC)c1)NCC(O)c1ccc(OC(C)C)cc1.I. The number of hydrogen-bond donors (Lipinski definition) is 3. The smallest absolute Gasteiger partial charge is 0.341 e. The lowest BCUT2D eigenvalue weighted by Gasteiger charge is -2.16. The number of rotatable bonds is 10. The van der Waals surface area contributed by atoms with Gasteiger partial charge < -0.3 is 30.0 Å². The molecule has 2 rings (SSSR count). The molecule has 0 bridgehead atoms. The van der Waals surface area contributed by atoms with Crippen molar-refractivity contribution >= 4 is 35.9 Å². The minimum atomic E-state index is -0.702. The summed E-state index contributed by atoms with van der Waals surface area (Å²) in [5.41, 5.74) is 2.02. The molecule has 0 aromatic heterocycles. The van der Waals surface area contributed by atoms with Gasteiger partial charge in [-0.15, -0.1) is 24.0 Å². The number of nitrogens with one attached hydrogen (secondary N) is 2. The van der Waals surface area contributed by atoms with Crippen LogP contribution in [0.3, 0.4) is 0 Å². The summed E-state index contributed by atoms with van der Waals surface area (Å²) in [5.74, 6) is 1.32. The third-order valence-corrected chi connectivity index (χ3v) is 4.53. The van der Waals surface area contributed by atoms with Gasteiger partial charge in [0.05, 0.1) is 33.0 Å². The second-order valence-electron chi connectivity index (χ2n) is 7.35. The summed E-state index contributed by atoms with van der Waals surface area (Å²) in [7, 11) is 2.83. The van der Waals surface area contributed by atoms with Crippen LogP contribution >= 0.6 is 24.0 Å². The second kappa shape index (κ2) is 14.6. The first-order chi connectivity index (χ1) is 15.4. The fourth-order valence-electron chi connectivity index (χ4n) is 2.98. The molecule has 3 N–H and O–H groups in total. The Hall–Kier alpha value is -2.53. The van der Waals surface area contributed by atoms with Gasteiger partial charge in [0.25, 0.3) is 0 Å². The summed E-state index contributed by atoms with van der Waals surface area (Å²) in [6.07, 6.45) is -0.602. The Morgan fingerprint density at radius 1 is 1.09 bits per heavy atom. The average molecular weight is 571 g/mol. The zero-order chi connectivity index (χ0) is 23.5. The molecule has 2 aromatic rings. The van der Waals surface area contributed by atoms with Gasteiger partial charge in [-0.3, -0.25) is 0 Å². The molecule has 0 amide bonds. The Kier molecular flexibility index (Phi) is 12.6. The number of aliphatic imine (C=N–C) groups is 1. The van der Waals surface area contributed by atoms with Gasteiger partial charge in [0, 0.05) is 13.1 Å². The van der Waals surface area contributed by atoms with Crippen molar-refractivity contribution in [3.05, 3.63) is 59.2 Å². The molecule has 0 saturated heterocycles. The highest BCUT2D eigenvalue weighted by molar-refractivity contribution is 14.0. The molecule has 1 unspecified atom stereocenters. The van der Waals surface area contributed by atoms with Crippen LogP contribution in [0.5, 0.6) is 11.5 Å². The van der Waals surface area contributed by atoms with Gasteiger partial charge in [0.15, 0.2) is 5.96 Å². The number of carbonyl (C=O) groups excluding carboxylic acids is 1. The van der Waals surface area contributed by atoms with Gasteiger partial charge >= 0.3 is 5.97 Å². The summed E-state index contributed by atoms with van der Waals surface area (Å²) in [6.45, 7) is 7.24. The van der Waals surface area contributed by atoms with Crippen molar-refractivity contribution in [1.29, 1.82) is 0 Å². The predicted octanol–water partition coefficient (Wildman–Crippen LogP) is 3.68. The first-order valence-corrected chi connectivity index (χ1v) is 10.6. The number of nitrogens with zero attached hydrogens (tertiary/aromatic N) is 1. The number of esters is 1. The van der Waals surface area contributed by atoms with E-state index in [1.54, 1.807) is 18.2 Å². The van der Waals surface area contributed by atoms with E-state index in [0.29, 0.717) is 36.9 Å². The number of aliphatic hydroxyl groups is 1. The van der Waals surface area contributed by atoms with Gasteiger partial charge in [-0.2, -0.15) is 0 Å². The van der Waals surface area contributed by atoms with E-state index in [-0.39, 0.29) is 30.1 Å². The molecule has 9 heteroatoms. The zero-order valence-electron chi connectivity index (χ0n) is 19.8. The van der Waals surface area contributed by atoms with Crippen LogP contribution < -0.4 is 20.1 Å². The van der Waals surface area contributed by atoms with Gasteiger partial charge in [0.2, 0.25) is 0 Å². The van der Waals surface area contributed by atoms with Crippen molar-refractivity contribution in [3.63, 3.8) is 0 Å². The summed E-state index contributed by atoms with van der Waals surface area (Å²) >= 11 is 0. The maximum absolute atomic E-state index is 11.8.